The summed E-state index contributed by atoms with van der Waals surface area (Å²) in [5, 5.41) is 3.41. The first-order valence-corrected chi connectivity index (χ1v) is 4.99. The molecule has 1 heterocycles. The highest BCUT2D eigenvalue weighted by atomic mass is 14.9. The van der Waals surface area contributed by atoms with Gasteiger partial charge in [-0.3, -0.25) is 0 Å². The fourth-order valence-corrected chi connectivity index (χ4v) is 1.78. The molecule has 0 saturated carbocycles. The Balaban J connectivity index is 1.94. The van der Waals surface area contributed by atoms with Gasteiger partial charge in [0.25, 0.3) is 0 Å². The predicted molar refractivity (Wildman–Crippen MR) is 49.7 cm³/mol. The van der Waals surface area contributed by atoms with Crippen LogP contribution in [0.2, 0.25) is 0 Å². The summed E-state index contributed by atoms with van der Waals surface area (Å²) in [7, 11) is 0. The molecule has 1 aliphatic rings. The number of hydrogen-bond acceptors (Lipinski definition) is 1. The molecule has 1 rings (SSSR count). The normalized spacial score (nSPS) is 24.8. The molecular formula is C10H21N. The number of nitrogens with one attached hydrogen (secondary N) is 1. The van der Waals surface area contributed by atoms with Crippen molar-refractivity contribution in [1.82, 2.24) is 5.32 Å². The second-order valence-corrected chi connectivity index (χ2v) is 4.18. The van der Waals surface area contributed by atoms with Gasteiger partial charge in [-0.05, 0) is 37.8 Å². The second kappa shape index (κ2) is 4.76. The van der Waals surface area contributed by atoms with E-state index in [1.165, 1.54) is 38.8 Å². The van der Waals surface area contributed by atoms with E-state index in [0.29, 0.717) is 0 Å². The lowest BCUT2D eigenvalue weighted by Gasteiger charge is -2.08. The zero-order valence-corrected chi connectivity index (χ0v) is 7.90. The Kier molecular flexibility index (Phi) is 3.92. The van der Waals surface area contributed by atoms with Crippen LogP contribution in [0.4, 0.5) is 0 Å². The van der Waals surface area contributed by atoms with Crippen LogP contribution in [-0.2, 0) is 0 Å². The Morgan fingerprint density at radius 3 is 2.82 bits per heavy atom. The van der Waals surface area contributed by atoms with E-state index in [9.17, 15) is 0 Å². The zero-order chi connectivity index (χ0) is 8.10. The van der Waals surface area contributed by atoms with Crippen molar-refractivity contribution in [3.8, 4) is 0 Å². The van der Waals surface area contributed by atoms with E-state index in [4.69, 9.17) is 0 Å². The molecule has 66 valence electrons. The van der Waals surface area contributed by atoms with E-state index in [0.717, 1.165) is 11.8 Å². The Bertz CT molecular complexity index is 93.0. The van der Waals surface area contributed by atoms with Gasteiger partial charge in [-0.25, -0.2) is 0 Å². The zero-order valence-electron chi connectivity index (χ0n) is 7.90. The van der Waals surface area contributed by atoms with Crippen LogP contribution in [0.3, 0.4) is 0 Å². The van der Waals surface area contributed by atoms with Crippen molar-refractivity contribution in [2.75, 3.05) is 13.1 Å². The summed E-state index contributed by atoms with van der Waals surface area (Å²) in [5.41, 5.74) is 0. The monoisotopic (exact) mass is 155 g/mol. The first-order valence-electron chi connectivity index (χ1n) is 4.99. The van der Waals surface area contributed by atoms with Gasteiger partial charge in [0.2, 0.25) is 0 Å². The average Bonchev–Trinajstić information content (AvgIpc) is 2.39. The number of hydrogen-bond donors (Lipinski definition) is 1. The highest BCUT2D eigenvalue weighted by Gasteiger charge is 2.13. The molecule has 1 atom stereocenters. The maximum Gasteiger partial charge on any atom is -0.00200 e. The summed E-state index contributed by atoms with van der Waals surface area (Å²) in [6, 6.07) is 0. The van der Waals surface area contributed by atoms with Crippen LogP contribution in [-0.4, -0.2) is 13.1 Å². The van der Waals surface area contributed by atoms with E-state index in [-0.39, 0.29) is 0 Å². The Morgan fingerprint density at radius 1 is 1.45 bits per heavy atom. The smallest absolute Gasteiger partial charge is 0.00200 e. The second-order valence-electron chi connectivity index (χ2n) is 4.18. The third-order valence-corrected chi connectivity index (χ3v) is 2.56. The van der Waals surface area contributed by atoms with Crippen LogP contribution >= 0.6 is 0 Å². The van der Waals surface area contributed by atoms with Crippen molar-refractivity contribution >= 4 is 0 Å². The van der Waals surface area contributed by atoms with Crippen LogP contribution in [0, 0.1) is 11.8 Å². The van der Waals surface area contributed by atoms with Crippen LogP contribution in [0.25, 0.3) is 0 Å². The van der Waals surface area contributed by atoms with E-state index in [1.54, 1.807) is 0 Å². The van der Waals surface area contributed by atoms with Crippen molar-refractivity contribution in [3.05, 3.63) is 0 Å². The Labute approximate surface area is 70.6 Å². The molecule has 0 unspecified atom stereocenters. The largest absolute Gasteiger partial charge is 0.316 e. The summed E-state index contributed by atoms with van der Waals surface area (Å²) in [4.78, 5) is 0. The topological polar surface area (TPSA) is 12.0 Å². The molecule has 0 aromatic carbocycles. The number of rotatable bonds is 4. The standard InChI is InChI=1S/C10H21N/c1-9(2)4-3-5-10-6-7-11-8-10/h9-11H,3-8H2,1-2H3/t10-/m0/s1. The molecule has 11 heavy (non-hydrogen) atoms. The molecule has 0 spiro atoms. The summed E-state index contributed by atoms with van der Waals surface area (Å²) in [5.74, 6) is 1.89. The minimum atomic E-state index is 0.893. The molecule has 0 aromatic rings. The third-order valence-electron chi connectivity index (χ3n) is 2.56. The summed E-state index contributed by atoms with van der Waals surface area (Å²) >= 11 is 0. The Hall–Kier alpha value is -0.0400. The van der Waals surface area contributed by atoms with Crippen LogP contribution < -0.4 is 5.32 Å². The molecule has 0 bridgehead atoms. The van der Waals surface area contributed by atoms with E-state index in [1.807, 2.05) is 0 Å². The van der Waals surface area contributed by atoms with Gasteiger partial charge < -0.3 is 5.32 Å². The third kappa shape index (κ3) is 3.76. The molecular weight excluding hydrogens is 134 g/mol. The fraction of sp³-hybridized carbons (Fsp3) is 1.00. The summed E-state index contributed by atoms with van der Waals surface area (Å²) in [6.07, 6.45) is 5.71. The molecule has 0 aliphatic carbocycles. The first kappa shape index (κ1) is 9.05. The van der Waals surface area contributed by atoms with Crippen LogP contribution in [0.1, 0.15) is 39.5 Å². The molecule has 1 N–H and O–H groups in total. The van der Waals surface area contributed by atoms with Gasteiger partial charge in [0, 0.05) is 0 Å². The quantitative estimate of drug-likeness (QED) is 0.657. The van der Waals surface area contributed by atoms with Crippen LogP contribution in [0.5, 0.6) is 0 Å². The van der Waals surface area contributed by atoms with Crippen molar-refractivity contribution in [1.29, 1.82) is 0 Å². The summed E-state index contributed by atoms with van der Waals surface area (Å²) in [6.45, 7) is 7.16. The van der Waals surface area contributed by atoms with Crippen molar-refractivity contribution < 1.29 is 0 Å². The van der Waals surface area contributed by atoms with Gasteiger partial charge in [0.15, 0.2) is 0 Å². The van der Waals surface area contributed by atoms with Crippen molar-refractivity contribution in [2.24, 2.45) is 11.8 Å². The maximum absolute atomic E-state index is 3.41. The summed E-state index contributed by atoms with van der Waals surface area (Å²) < 4.78 is 0. The highest BCUT2D eigenvalue weighted by molar-refractivity contribution is 4.70. The molecule has 0 radical (unpaired) electrons. The van der Waals surface area contributed by atoms with Crippen molar-refractivity contribution in [2.45, 2.75) is 39.5 Å². The van der Waals surface area contributed by atoms with Gasteiger partial charge in [-0.2, -0.15) is 0 Å². The first-order chi connectivity index (χ1) is 5.29. The van der Waals surface area contributed by atoms with Gasteiger partial charge in [0.05, 0.1) is 0 Å². The lowest BCUT2D eigenvalue weighted by Crippen LogP contribution is -2.08. The molecule has 1 heteroatoms. The van der Waals surface area contributed by atoms with Gasteiger partial charge in [-0.15, -0.1) is 0 Å². The lowest BCUT2D eigenvalue weighted by molar-refractivity contribution is 0.457. The minimum absolute atomic E-state index is 0.893. The van der Waals surface area contributed by atoms with Crippen molar-refractivity contribution in [3.63, 3.8) is 0 Å². The molecule has 0 aromatic heterocycles. The van der Waals surface area contributed by atoms with E-state index in [2.05, 4.69) is 19.2 Å². The van der Waals surface area contributed by atoms with Gasteiger partial charge >= 0.3 is 0 Å². The predicted octanol–water partition coefficient (Wildman–Crippen LogP) is 2.42. The average molecular weight is 155 g/mol. The minimum Gasteiger partial charge on any atom is -0.316 e. The van der Waals surface area contributed by atoms with E-state index >= 15 is 0 Å². The van der Waals surface area contributed by atoms with E-state index < -0.39 is 0 Å². The lowest BCUT2D eigenvalue weighted by atomic mass is 9.98. The molecule has 1 nitrogen and oxygen atoms in total. The molecule has 1 aliphatic heterocycles. The van der Waals surface area contributed by atoms with Gasteiger partial charge in [-0.1, -0.05) is 26.7 Å². The highest BCUT2D eigenvalue weighted by Crippen LogP contribution is 2.17. The van der Waals surface area contributed by atoms with Crippen LogP contribution in [0.15, 0.2) is 0 Å². The molecule has 0 amide bonds. The molecule has 1 fully saturated rings. The SMILES string of the molecule is CC(C)CCC[C@H]1CCNC1. The van der Waals surface area contributed by atoms with Gasteiger partial charge in [0.1, 0.15) is 0 Å². The Morgan fingerprint density at radius 2 is 2.27 bits per heavy atom. The fourth-order valence-electron chi connectivity index (χ4n) is 1.78. The molecule has 1 saturated heterocycles. The maximum atomic E-state index is 3.41.